The highest BCUT2D eigenvalue weighted by Crippen LogP contribution is 2.32. The molecular formula is C25H29FN2O3. The van der Waals surface area contributed by atoms with Crippen LogP contribution in [-0.2, 0) is 22.6 Å². The van der Waals surface area contributed by atoms with Gasteiger partial charge in [0.25, 0.3) is 0 Å². The number of aryl methyl sites for hydroxylation is 1. The van der Waals surface area contributed by atoms with Gasteiger partial charge in [-0.2, -0.15) is 0 Å². The molecule has 4 rings (SSSR count). The van der Waals surface area contributed by atoms with Crippen LogP contribution in [0, 0.1) is 11.7 Å². The first-order chi connectivity index (χ1) is 15.0. The third kappa shape index (κ3) is 5.06. The van der Waals surface area contributed by atoms with Crippen molar-refractivity contribution >= 4 is 11.8 Å². The van der Waals surface area contributed by atoms with Gasteiger partial charge >= 0.3 is 0 Å². The molecule has 2 amide bonds. The predicted molar refractivity (Wildman–Crippen MR) is 116 cm³/mol. The summed E-state index contributed by atoms with van der Waals surface area (Å²) in [6.07, 6.45) is 3.39. The molecule has 2 saturated heterocycles. The van der Waals surface area contributed by atoms with Crippen molar-refractivity contribution in [3.63, 3.8) is 0 Å². The number of likely N-dealkylation sites (tertiary alicyclic amines) is 2. The lowest BCUT2D eigenvalue weighted by Crippen LogP contribution is -2.43. The van der Waals surface area contributed by atoms with Crippen molar-refractivity contribution in [1.82, 2.24) is 9.80 Å². The minimum atomic E-state index is -0.294. The van der Waals surface area contributed by atoms with Gasteiger partial charge in [-0.1, -0.05) is 24.3 Å². The van der Waals surface area contributed by atoms with E-state index in [4.69, 9.17) is 4.74 Å². The molecule has 0 N–H and O–H groups in total. The lowest BCUT2D eigenvalue weighted by atomic mass is 9.98. The number of benzene rings is 2. The first-order valence-corrected chi connectivity index (χ1v) is 11.0. The molecule has 0 aromatic heterocycles. The quantitative estimate of drug-likeness (QED) is 0.709. The minimum absolute atomic E-state index is 0.000892. The number of rotatable bonds is 6. The number of carbonyl (C=O) groups is 2. The number of fused-ring (bicyclic) bond motifs is 1. The SMILES string of the molecule is COc1cccc(CCC(=O)N2C[C@H]3CCCC(=O)N(Cc4cccc(F)c4)[C@H]3C2)c1. The number of ether oxygens (including phenoxy) is 1. The van der Waals surface area contributed by atoms with Crippen LogP contribution in [0.25, 0.3) is 0 Å². The lowest BCUT2D eigenvalue weighted by Gasteiger charge is -2.30. The molecule has 0 bridgehead atoms. The Morgan fingerprint density at radius 2 is 1.94 bits per heavy atom. The number of amides is 2. The van der Waals surface area contributed by atoms with E-state index in [9.17, 15) is 14.0 Å². The van der Waals surface area contributed by atoms with Crippen LogP contribution in [-0.4, -0.2) is 47.9 Å². The largest absolute Gasteiger partial charge is 0.497 e. The smallest absolute Gasteiger partial charge is 0.223 e. The van der Waals surface area contributed by atoms with Gasteiger partial charge in [0.15, 0.2) is 0 Å². The van der Waals surface area contributed by atoms with Crippen molar-refractivity contribution in [2.75, 3.05) is 20.2 Å². The standard InChI is InChI=1S/C25H29FN2O3/c1-31-22-9-3-5-18(14-22)11-12-24(29)27-16-20-7-4-10-25(30)28(23(20)17-27)15-19-6-2-8-21(26)13-19/h2-3,5-6,8-9,13-14,20,23H,4,7,10-12,15-17H2,1H3/t20-,23+/m1/s1. The van der Waals surface area contributed by atoms with Gasteiger partial charge in [0.2, 0.25) is 11.8 Å². The first-order valence-electron chi connectivity index (χ1n) is 11.0. The van der Waals surface area contributed by atoms with E-state index in [1.165, 1.54) is 12.1 Å². The molecule has 164 valence electrons. The topological polar surface area (TPSA) is 49.9 Å². The van der Waals surface area contributed by atoms with E-state index in [0.717, 1.165) is 29.7 Å². The summed E-state index contributed by atoms with van der Waals surface area (Å²) < 4.78 is 18.9. The second kappa shape index (κ2) is 9.50. The zero-order valence-corrected chi connectivity index (χ0v) is 17.9. The molecule has 0 spiro atoms. The van der Waals surface area contributed by atoms with Crippen LogP contribution >= 0.6 is 0 Å². The number of hydrogen-bond acceptors (Lipinski definition) is 3. The molecular weight excluding hydrogens is 395 g/mol. The Morgan fingerprint density at radius 1 is 1.13 bits per heavy atom. The number of nitrogens with zero attached hydrogens (tertiary/aromatic N) is 2. The summed E-state index contributed by atoms with van der Waals surface area (Å²) in [7, 11) is 1.63. The van der Waals surface area contributed by atoms with Crippen LogP contribution in [0.5, 0.6) is 5.75 Å². The van der Waals surface area contributed by atoms with Crippen LogP contribution in [0.15, 0.2) is 48.5 Å². The van der Waals surface area contributed by atoms with Gasteiger partial charge in [-0.25, -0.2) is 4.39 Å². The van der Waals surface area contributed by atoms with Gasteiger partial charge in [0, 0.05) is 32.5 Å². The summed E-state index contributed by atoms with van der Waals surface area (Å²) in [5.74, 6) is 0.995. The van der Waals surface area contributed by atoms with Crippen molar-refractivity contribution < 1.29 is 18.7 Å². The Hall–Kier alpha value is -2.89. The molecule has 2 aliphatic rings. The van der Waals surface area contributed by atoms with Crippen LogP contribution < -0.4 is 4.74 Å². The molecule has 31 heavy (non-hydrogen) atoms. The summed E-state index contributed by atoms with van der Waals surface area (Å²) in [5.41, 5.74) is 1.86. The van der Waals surface area contributed by atoms with E-state index in [1.54, 1.807) is 13.2 Å². The third-order valence-corrected chi connectivity index (χ3v) is 6.45. The van der Waals surface area contributed by atoms with Gasteiger partial charge in [0.05, 0.1) is 13.2 Å². The molecule has 0 unspecified atom stereocenters. The van der Waals surface area contributed by atoms with Gasteiger partial charge in [0.1, 0.15) is 11.6 Å². The third-order valence-electron chi connectivity index (χ3n) is 6.45. The molecule has 6 heteroatoms. The van der Waals surface area contributed by atoms with Gasteiger partial charge < -0.3 is 14.5 Å². The molecule has 2 aromatic carbocycles. The van der Waals surface area contributed by atoms with E-state index >= 15 is 0 Å². The highest BCUT2D eigenvalue weighted by molar-refractivity contribution is 5.79. The number of methoxy groups -OCH3 is 1. The lowest BCUT2D eigenvalue weighted by molar-refractivity contribution is -0.135. The summed E-state index contributed by atoms with van der Waals surface area (Å²) in [5, 5.41) is 0. The molecule has 0 radical (unpaired) electrons. The molecule has 2 aliphatic heterocycles. The Kier molecular flexibility index (Phi) is 6.54. The summed E-state index contributed by atoms with van der Waals surface area (Å²) >= 11 is 0. The van der Waals surface area contributed by atoms with Crippen molar-refractivity contribution in [2.24, 2.45) is 5.92 Å². The molecule has 2 fully saturated rings. The monoisotopic (exact) mass is 424 g/mol. The number of carbonyl (C=O) groups excluding carboxylic acids is 2. The van der Waals surface area contributed by atoms with Crippen molar-refractivity contribution in [3.05, 3.63) is 65.5 Å². The molecule has 2 heterocycles. The second-order valence-corrected chi connectivity index (χ2v) is 8.52. The van der Waals surface area contributed by atoms with E-state index in [1.807, 2.05) is 40.1 Å². The van der Waals surface area contributed by atoms with Crippen molar-refractivity contribution in [1.29, 1.82) is 0 Å². The molecule has 2 atom stereocenters. The highest BCUT2D eigenvalue weighted by Gasteiger charge is 2.41. The second-order valence-electron chi connectivity index (χ2n) is 8.52. The highest BCUT2D eigenvalue weighted by atomic mass is 19.1. The van der Waals surface area contributed by atoms with E-state index in [0.29, 0.717) is 38.9 Å². The first kappa shape index (κ1) is 21.3. The average molecular weight is 425 g/mol. The maximum atomic E-state index is 13.6. The normalized spacial score (nSPS) is 21.0. The average Bonchev–Trinajstić information content (AvgIpc) is 3.14. The fourth-order valence-corrected chi connectivity index (χ4v) is 4.81. The Bertz CT molecular complexity index is 948. The van der Waals surface area contributed by atoms with Gasteiger partial charge in [-0.05, 0) is 60.6 Å². The fraction of sp³-hybridized carbons (Fsp3) is 0.440. The van der Waals surface area contributed by atoms with Crippen LogP contribution in [0.4, 0.5) is 4.39 Å². The van der Waals surface area contributed by atoms with Gasteiger partial charge in [-0.3, -0.25) is 9.59 Å². The zero-order valence-electron chi connectivity index (χ0n) is 17.9. The maximum Gasteiger partial charge on any atom is 0.223 e. The summed E-state index contributed by atoms with van der Waals surface area (Å²) in [4.78, 5) is 29.5. The Balaban J connectivity index is 1.42. The van der Waals surface area contributed by atoms with E-state index in [2.05, 4.69) is 0 Å². The summed E-state index contributed by atoms with van der Waals surface area (Å²) in [6, 6.07) is 14.2. The van der Waals surface area contributed by atoms with Gasteiger partial charge in [-0.15, -0.1) is 0 Å². The zero-order chi connectivity index (χ0) is 21.8. The van der Waals surface area contributed by atoms with E-state index < -0.39 is 0 Å². The van der Waals surface area contributed by atoms with Crippen molar-refractivity contribution in [2.45, 2.75) is 44.7 Å². The molecule has 5 nitrogen and oxygen atoms in total. The molecule has 2 aromatic rings. The van der Waals surface area contributed by atoms with Crippen LogP contribution in [0.1, 0.15) is 36.8 Å². The van der Waals surface area contributed by atoms with Crippen LogP contribution in [0.2, 0.25) is 0 Å². The number of hydrogen-bond donors (Lipinski definition) is 0. The van der Waals surface area contributed by atoms with Crippen LogP contribution in [0.3, 0.4) is 0 Å². The van der Waals surface area contributed by atoms with Crippen molar-refractivity contribution in [3.8, 4) is 5.75 Å². The molecule has 0 aliphatic carbocycles. The Labute approximate surface area is 182 Å². The van der Waals surface area contributed by atoms with E-state index in [-0.39, 0.29) is 29.6 Å². The number of halogens is 1. The minimum Gasteiger partial charge on any atom is -0.497 e. The predicted octanol–water partition coefficient (Wildman–Crippen LogP) is 3.81. The summed E-state index contributed by atoms with van der Waals surface area (Å²) in [6.45, 7) is 1.64. The molecule has 0 saturated carbocycles. The Morgan fingerprint density at radius 3 is 2.74 bits per heavy atom. The fourth-order valence-electron chi connectivity index (χ4n) is 4.81. The maximum absolute atomic E-state index is 13.6.